The molecule has 0 aliphatic carbocycles. The molecule has 7 heteroatoms. The zero-order chi connectivity index (χ0) is 12.1. The fourth-order valence-electron chi connectivity index (χ4n) is 1.32. The number of amides is 1. The lowest BCUT2D eigenvalue weighted by atomic mass is 10.4. The fourth-order valence-corrected chi connectivity index (χ4v) is 2.62. The second-order valence-electron chi connectivity index (χ2n) is 3.38. The third-order valence-electron chi connectivity index (χ3n) is 2.12. The van der Waals surface area contributed by atoms with E-state index in [0.717, 1.165) is 21.6 Å². The first-order valence-electron chi connectivity index (χ1n) is 5.13. The van der Waals surface area contributed by atoms with E-state index in [-0.39, 0.29) is 5.91 Å². The number of aromatic nitrogens is 3. The third-order valence-corrected chi connectivity index (χ3v) is 3.74. The summed E-state index contributed by atoms with van der Waals surface area (Å²) in [5, 5.41) is 10.4. The van der Waals surface area contributed by atoms with Crippen LogP contribution in [0.2, 0.25) is 0 Å². The molecule has 0 radical (unpaired) electrons. The molecule has 0 fully saturated rings. The molecule has 0 aromatic carbocycles. The maximum absolute atomic E-state index is 11.7. The van der Waals surface area contributed by atoms with Gasteiger partial charge in [0.25, 0.3) is 5.91 Å². The van der Waals surface area contributed by atoms with Crippen LogP contribution in [0.5, 0.6) is 0 Å². The zero-order valence-corrected chi connectivity index (χ0v) is 11.4. The number of hydrogen-bond donors (Lipinski definition) is 1. The molecule has 0 saturated carbocycles. The van der Waals surface area contributed by atoms with E-state index in [0.29, 0.717) is 6.54 Å². The Labute approximate surface area is 111 Å². The normalized spacial score (nSPS) is 10.4. The number of carbonyl (C=O) groups excluding carboxylic acids is 1. The highest BCUT2D eigenvalue weighted by atomic mass is 79.9. The Kier molecular flexibility index (Phi) is 4.27. The maximum atomic E-state index is 11.7. The number of carbonyl (C=O) groups is 1. The topological polar surface area (TPSA) is 59.8 Å². The van der Waals surface area contributed by atoms with Gasteiger partial charge < -0.3 is 5.32 Å². The molecule has 0 aliphatic heterocycles. The summed E-state index contributed by atoms with van der Waals surface area (Å²) in [4.78, 5) is 12.4. The molecule has 2 rings (SSSR count). The molecule has 2 aromatic rings. The van der Waals surface area contributed by atoms with E-state index in [2.05, 4.69) is 31.6 Å². The molecule has 2 aromatic heterocycles. The largest absolute Gasteiger partial charge is 0.351 e. The van der Waals surface area contributed by atoms with Crippen molar-refractivity contribution in [2.75, 3.05) is 6.54 Å². The van der Waals surface area contributed by atoms with Crippen molar-refractivity contribution in [2.45, 2.75) is 13.0 Å². The Morgan fingerprint density at radius 3 is 3.06 bits per heavy atom. The first kappa shape index (κ1) is 12.3. The van der Waals surface area contributed by atoms with Gasteiger partial charge in [-0.3, -0.25) is 9.48 Å². The first-order valence-corrected chi connectivity index (χ1v) is 6.74. The summed E-state index contributed by atoms with van der Waals surface area (Å²) in [6.45, 7) is 1.39. The predicted molar refractivity (Wildman–Crippen MR) is 69.0 cm³/mol. The van der Waals surface area contributed by atoms with Crippen LogP contribution in [0.15, 0.2) is 28.3 Å². The van der Waals surface area contributed by atoms with Crippen LogP contribution < -0.4 is 5.32 Å². The molecule has 0 bridgehead atoms. The molecule has 1 amide bonds. The molecule has 0 spiro atoms. The molecule has 0 saturated heterocycles. The fraction of sp³-hybridized carbons (Fsp3) is 0.300. The van der Waals surface area contributed by atoms with Crippen molar-refractivity contribution >= 4 is 33.2 Å². The van der Waals surface area contributed by atoms with E-state index < -0.39 is 0 Å². The molecular formula is C10H11BrN4OS. The Morgan fingerprint density at radius 2 is 2.41 bits per heavy atom. The van der Waals surface area contributed by atoms with E-state index in [1.54, 1.807) is 17.1 Å². The summed E-state index contributed by atoms with van der Waals surface area (Å²) < 4.78 is 2.71. The third kappa shape index (κ3) is 3.64. The standard InChI is InChI=1S/C10H11BrN4OS/c11-9-3-2-8(17-9)10(16)12-4-1-6-15-7-5-13-14-15/h2-3,5,7H,1,4,6H2,(H,12,16). The van der Waals surface area contributed by atoms with E-state index in [1.165, 1.54) is 11.3 Å². The number of aryl methyl sites for hydroxylation is 1. The molecule has 0 atom stereocenters. The molecular weight excluding hydrogens is 304 g/mol. The van der Waals surface area contributed by atoms with E-state index in [9.17, 15) is 4.79 Å². The molecule has 0 aliphatic rings. The lowest BCUT2D eigenvalue weighted by molar-refractivity contribution is 0.0956. The molecule has 0 unspecified atom stereocenters. The van der Waals surface area contributed by atoms with Gasteiger partial charge in [-0.05, 0) is 34.5 Å². The molecule has 17 heavy (non-hydrogen) atoms. The molecule has 5 nitrogen and oxygen atoms in total. The summed E-state index contributed by atoms with van der Waals surface area (Å²) in [5.74, 6) is -0.0284. The highest BCUT2D eigenvalue weighted by molar-refractivity contribution is 9.11. The van der Waals surface area contributed by atoms with Crippen molar-refractivity contribution in [2.24, 2.45) is 0 Å². The zero-order valence-electron chi connectivity index (χ0n) is 8.97. The minimum atomic E-state index is -0.0284. The van der Waals surface area contributed by atoms with Gasteiger partial charge in [0, 0.05) is 19.3 Å². The Balaban J connectivity index is 1.70. The molecule has 90 valence electrons. The van der Waals surface area contributed by atoms with Gasteiger partial charge in [0.15, 0.2) is 0 Å². The quantitative estimate of drug-likeness (QED) is 0.858. The average Bonchev–Trinajstić information content (AvgIpc) is 2.95. The summed E-state index contributed by atoms with van der Waals surface area (Å²) >= 11 is 4.76. The smallest absolute Gasteiger partial charge is 0.261 e. The van der Waals surface area contributed by atoms with Gasteiger partial charge in [-0.25, -0.2) is 0 Å². The Hall–Kier alpha value is -1.21. The summed E-state index contributed by atoms with van der Waals surface area (Å²) in [6, 6.07) is 3.68. The number of nitrogens with zero attached hydrogens (tertiary/aromatic N) is 3. The Morgan fingerprint density at radius 1 is 1.53 bits per heavy atom. The monoisotopic (exact) mass is 314 g/mol. The number of thiophene rings is 1. The van der Waals surface area contributed by atoms with Crippen molar-refractivity contribution < 1.29 is 4.79 Å². The van der Waals surface area contributed by atoms with Gasteiger partial charge in [0.1, 0.15) is 0 Å². The van der Waals surface area contributed by atoms with E-state index >= 15 is 0 Å². The second kappa shape index (κ2) is 5.92. The van der Waals surface area contributed by atoms with Crippen LogP contribution in [-0.4, -0.2) is 27.4 Å². The highest BCUT2D eigenvalue weighted by Gasteiger charge is 2.07. The van der Waals surface area contributed by atoms with E-state index in [4.69, 9.17) is 0 Å². The number of hydrogen-bond acceptors (Lipinski definition) is 4. The van der Waals surface area contributed by atoms with Crippen LogP contribution in [-0.2, 0) is 6.54 Å². The van der Waals surface area contributed by atoms with Crippen LogP contribution in [0.1, 0.15) is 16.1 Å². The molecule has 1 N–H and O–H groups in total. The second-order valence-corrected chi connectivity index (χ2v) is 5.84. The van der Waals surface area contributed by atoms with Crippen LogP contribution in [0.25, 0.3) is 0 Å². The van der Waals surface area contributed by atoms with Crippen LogP contribution >= 0.6 is 27.3 Å². The number of halogens is 1. The lowest BCUT2D eigenvalue weighted by Crippen LogP contribution is -2.24. The highest BCUT2D eigenvalue weighted by Crippen LogP contribution is 2.21. The van der Waals surface area contributed by atoms with Crippen LogP contribution in [0, 0.1) is 0 Å². The van der Waals surface area contributed by atoms with Crippen LogP contribution in [0.3, 0.4) is 0 Å². The summed E-state index contributed by atoms with van der Waals surface area (Å²) in [5.41, 5.74) is 0. The molecule has 2 heterocycles. The van der Waals surface area contributed by atoms with Gasteiger partial charge in [-0.2, -0.15) is 0 Å². The van der Waals surface area contributed by atoms with Crippen molar-refractivity contribution in [3.63, 3.8) is 0 Å². The maximum Gasteiger partial charge on any atom is 0.261 e. The van der Waals surface area contributed by atoms with Gasteiger partial charge in [-0.1, -0.05) is 5.21 Å². The van der Waals surface area contributed by atoms with Gasteiger partial charge in [-0.15, -0.1) is 16.4 Å². The van der Waals surface area contributed by atoms with Gasteiger partial charge >= 0.3 is 0 Å². The lowest BCUT2D eigenvalue weighted by Gasteiger charge is -2.03. The Bertz CT molecular complexity index is 482. The van der Waals surface area contributed by atoms with Crippen molar-refractivity contribution in [1.29, 1.82) is 0 Å². The first-order chi connectivity index (χ1) is 8.25. The van der Waals surface area contributed by atoms with Crippen molar-refractivity contribution in [3.8, 4) is 0 Å². The van der Waals surface area contributed by atoms with Crippen molar-refractivity contribution in [3.05, 3.63) is 33.2 Å². The minimum Gasteiger partial charge on any atom is -0.351 e. The minimum absolute atomic E-state index is 0.0284. The SMILES string of the molecule is O=C(NCCCn1ccnn1)c1ccc(Br)s1. The van der Waals surface area contributed by atoms with Crippen molar-refractivity contribution in [1.82, 2.24) is 20.3 Å². The van der Waals surface area contributed by atoms with Gasteiger partial charge in [0.05, 0.1) is 14.9 Å². The predicted octanol–water partition coefficient (Wildman–Crippen LogP) is 1.92. The summed E-state index contributed by atoms with van der Waals surface area (Å²) in [7, 11) is 0. The van der Waals surface area contributed by atoms with E-state index in [1.807, 2.05) is 12.1 Å². The number of nitrogens with one attached hydrogen (secondary N) is 1. The van der Waals surface area contributed by atoms with Gasteiger partial charge in [0.2, 0.25) is 0 Å². The summed E-state index contributed by atoms with van der Waals surface area (Å²) in [6.07, 6.45) is 4.28. The number of rotatable bonds is 5. The van der Waals surface area contributed by atoms with Crippen LogP contribution in [0.4, 0.5) is 0 Å². The average molecular weight is 315 g/mol.